The number of carbonyl (C=O) groups excluding carboxylic acids is 2. The van der Waals surface area contributed by atoms with Crippen molar-refractivity contribution >= 4 is 40.6 Å². The number of anilines is 3. The number of benzene rings is 2. The molecule has 1 atom stereocenters. The Labute approximate surface area is 177 Å². The Hall–Kier alpha value is -2.47. The second-order valence-corrected chi connectivity index (χ2v) is 9.81. The van der Waals surface area contributed by atoms with E-state index in [-0.39, 0.29) is 22.6 Å². The monoisotopic (exact) mass is 411 g/mol. The van der Waals surface area contributed by atoms with Gasteiger partial charge in [-0.15, -0.1) is 11.8 Å². The maximum atomic E-state index is 12.6. The second kappa shape index (κ2) is 8.49. The molecule has 0 radical (unpaired) electrons. The average molecular weight is 412 g/mol. The molecule has 1 saturated heterocycles. The summed E-state index contributed by atoms with van der Waals surface area (Å²) in [7, 11) is 3.99. The first-order valence-electron chi connectivity index (χ1n) is 9.75. The molecule has 5 nitrogen and oxygen atoms in total. The first-order valence-corrected chi connectivity index (χ1v) is 10.8. The van der Waals surface area contributed by atoms with E-state index in [0.717, 1.165) is 22.6 Å². The predicted molar refractivity (Wildman–Crippen MR) is 123 cm³/mol. The van der Waals surface area contributed by atoms with Gasteiger partial charge in [0.05, 0.1) is 5.75 Å². The van der Waals surface area contributed by atoms with Gasteiger partial charge in [0.15, 0.2) is 0 Å². The van der Waals surface area contributed by atoms with Crippen molar-refractivity contribution in [3.8, 4) is 0 Å². The molecule has 0 aliphatic carbocycles. The molecule has 0 spiro atoms. The number of nitrogens with zero attached hydrogens (tertiary/aromatic N) is 2. The molecule has 0 bridgehead atoms. The van der Waals surface area contributed by atoms with E-state index < -0.39 is 0 Å². The molecule has 29 heavy (non-hydrogen) atoms. The van der Waals surface area contributed by atoms with Gasteiger partial charge in [-0.2, -0.15) is 0 Å². The third-order valence-corrected chi connectivity index (χ3v) is 5.89. The fraction of sp³-hybridized carbons (Fsp3) is 0.391. The summed E-state index contributed by atoms with van der Waals surface area (Å²) in [4.78, 5) is 28.6. The predicted octanol–water partition coefficient (Wildman–Crippen LogP) is 4.91. The van der Waals surface area contributed by atoms with Gasteiger partial charge >= 0.3 is 0 Å². The van der Waals surface area contributed by atoms with Gasteiger partial charge in [0.25, 0.3) is 0 Å². The van der Waals surface area contributed by atoms with E-state index in [2.05, 4.69) is 5.32 Å². The van der Waals surface area contributed by atoms with Crippen LogP contribution in [0.4, 0.5) is 17.1 Å². The zero-order valence-corrected chi connectivity index (χ0v) is 18.5. The summed E-state index contributed by atoms with van der Waals surface area (Å²) in [6, 6.07) is 15.8. The van der Waals surface area contributed by atoms with E-state index in [1.54, 1.807) is 11.8 Å². The molecule has 1 heterocycles. The van der Waals surface area contributed by atoms with Crippen LogP contribution in [0.25, 0.3) is 0 Å². The molecular weight excluding hydrogens is 382 g/mol. The highest BCUT2D eigenvalue weighted by Gasteiger charge is 2.34. The van der Waals surface area contributed by atoms with Crippen molar-refractivity contribution in [3.63, 3.8) is 0 Å². The first-order chi connectivity index (χ1) is 13.6. The van der Waals surface area contributed by atoms with Crippen molar-refractivity contribution in [1.82, 2.24) is 0 Å². The quantitative estimate of drug-likeness (QED) is 0.760. The molecule has 6 heteroatoms. The number of nitrogens with one attached hydrogen (secondary N) is 1. The normalized spacial score (nSPS) is 16.8. The van der Waals surface area contributed by atoms with E-state index in [4.69, 9.17) is 0 Å². The van der Waals surface area contributed by atoms with E-state index in [1.807, 2.05) is 93.2 Å². The summed E-state index contributed by atoms with van der Waals surface area (Å²) >= 11 is 1.62. The van der Waals surface area contributed by atoms with Crippen LogP contribution in [-0.4, -0.2) is 31.7 Å². The molecule has 1 aliphatic heterocycles. The average Bonchev–Trinajstić information content (AvgIpc) is 3.02. The van der Waals surface area contributed by atoms with Crippen molar-refractivity contribution in [2.75, 3.05) is 35.0 Å². The Morgan fingerprint density at radius 1 is 1.10 bits per heavy atom. The molecular formula is C23H29N3O2S. The van der Waals surface area contributed by atoms with Gasteiger partial charge in [-0.3, -0.25) is 14.5 Å². The Balaban J connectivity index is 1.75. The third-order valence-electron chi connectivity index (χ3n) is 4.68. The summed E-state index contributed by atoms with van der Waals surface area (Å²) in [6.07, 6.45) is 0.471. The lowest BCUT2D eigenvalue weighted by molar-refractivity contribution is -0.118. The third kappa shape index (κ3) is 5.32. The minimum absolute atomic E-state index is 0.0123. The molecule has 3 rings (SSSR count). The zero-order valence-electron chi connectivity index (χ0n) is 17.7. The molecule has 1 unspecified atom stereocenters. The smallest absolute Gasteiger partial charge is 0.238 e. The van der Waals surface area contributed by atoms with Gasteiger partial charge in [-0.05, 0) is 47.4 Å². The summed E-state index contributed by atoms with van der Waals surface area (Å²) in [5.41, 5.74) is 3.77. The van der Waals surface area contributed by atoms with Crippen LogP contribution in [0.5, 0.6) is 0 Å². The van der Waals surface area contributed by atoms with Gasteiger partial charge in [0.1, 0.15) is 5.37 Å². The van der Waals surface area contributed by atoms with Crippen molar-refractivity contribution in [3.05, 3.63) is 54.1 Å². The highest BCUT2D eigenvalue weighted by atomic mass is 32.2. The van der Waals surface area contributed by atoms with Crippen LogP contribution >= 0.6 is 11.8 Å². The molecule has 2 aromatic carbocycles. The molecule has 2 amide bonds. The van der Waals surface area contributed by atoms with Gasteiger partial charge in [0.2, 0.25) is 11.8 Å². The van der Waals surface area contributed by atoms with Gasteiger partial charge in [-0.1, -0.05) is 32.9 Å². The summed E-state index contributed by atoms with van der Waals surface area (Å²) in [5, 5.41) is 2.89. The zero-order chi connectivity index (χ0) is 21.2. The van der Waals surface area contributed by atoms with Crippen molar-refractivity contribution in [1.29, 1.82) is 0 Å². The van der Waals surface area contributed by atoms with Crippen LogP contribution in [0, 0.1) is 5.41 Å². The maximum Gasteiger partial charge on any atom is 0.238 e. The number of rotatable bonds is 5. The maximum absolute atomic E-state index is 12.6. The van der Waals surface area contributed by atoms with Crippen molar-refractivity contribution in [2.24, 2.45) is 5.41 Å². The topological polar surface area (TPSA) is 52.6 Å². The molecule has 2 aromatic rings. The number of hydrogen-bond donors (Lipinski definition) is 1. The molecule has 1 fully saturated rings. The lowest BCUT2D eigenvalue weighted by Crippen LogP contribution is -2.27. The second-order valence-electron chi connectivity index (χ2n) is 8.75. The summed E-state index contributed by atoms with van der Waals surface area (Å²) < 4.78 is 0. The Bertz CT molecular complexity index is 870. The summed E-state index contributed by atoms with van der Waals surface area (Å²) in [6.45, 7) is 6.14. The summed E-state index contributed by atoms with van der Waals surface area (Å²) in [5.74, 6) is 0.586. The highest BCUT2D eigenvalue weighted by Crippen LogP contribution is 2.42. The van der Waals surface area contributed by atoms with Crippen LogP contribution in [0.3, 0.4) is 0 Å². The van der Waals surface area contributed by atoms with Crippen molar-refractivity contribution < 1.29 is 9.59 Å². The van der Waals surface area contributed by atoms with E-state index in [9.17, 15) is 9.59 Å². The van der Waals surface area contributed by atoms with Crippen LogP contribution in [0.1, 0.15) is 38.1 Å². The Kier molecular flexibility index (Phi) is 6.22. The van der Waals surface area contributed by atoms with E-state index in [0.29, 0.717) is 12.2 Å². The van der Waals surface area contributed by atoms with Gasteiger partial charge in [0, 0.05) is 37.6 Å². The SMILES string of the molecule is CN(C)c1ccc(N2C(=O)CSC2c2ccc(NC(=O)CC(C)(C)C)cc2)cc1. The van der Waals surface area contributed by atoms with E-state index >= 15 is 0 Å². The Morgan fingerprint density at radius 3 is 2.28 bits per heavy atom. The fourth-order valence-corrected chi connectivity index (χ4v) is 4.46. The van der Waals surface area contributed by atoms with Crippen LogP contribution in [0.15, 0.2) is 48.5 Å². The van der Waals surface area contributed by atoms with Crippen LogP contribution < -0.4 is 15.1 Å². The fourth-order valence-electron chi connectivity index (χ4n) is 3.28. The molecule has 1 N–H and O–H groups in total. The minimum atomic E-state index is -0.0629. The molecule has 0 aromatic heterocycles. The molecule has 1 aliphatic rings. The number of thioether (sulfide) groups is 1. The van der Waals surface area contributed by atoms with Gasteiger partial charge in [-0.25, -0.2) is 0 Å². The lowest BCUT2D eigenvalue weighted by atomic mass is 9.92. The van der Waals surface area contributed by atoms with E-state index in [1.165, 1.54) is 0 Å². The molecule has 154 valence electrons. The van der Waals surface area contributed by atoms with Crippen LogP contribution in [0.2, 0.25) is 0 Å². The largest absolute Gasteiger partial charge is 0.378 e. The highest BCUT2D eigenvalue weighted by molar-refractivity contribution is 8.00. The number of carbonyl (C=O) groups is 2. The minimum Gasteiger partial charge on any atom is -0.378 e. The Morgan fingerprint density at radius 2 is 1.72 bits per heavy atom. The first kappa shape index (κ1) is 21.2. The number of amides is 2. The number of hydrogen-bond acceptors (Lipinski definition) is 4. The lowest BCUT2D eigenvalue weighted by Gasteiger charge is -2.25. The van der Waals surface area contributed by atoms with Gasteiger partial charge < -0.3 is 10.2 Å². The standard InChI is InChI=1S/C23H29N3O2S/c1-23(2,3)14-20(27)24-17-8-6-16(7-9-17)22-26(21(28)15-29-22)19-12-10-18(11-13-19)25(4)5/h6-13,22H,14-15H2,1-5H3,(H,24,27). The molecule has 0 saturated carbocycles. The van der Waals surface area contributed by atoms with Crippen molar-refractivity contribution in [2.45, 2.75) is 32.6 Å². The van der Waals surface area contributed by atoms with Crippen LogP contribution in [-0.2, 0) is 9.59 Å².